The Morgan fingerprint density at radius 2 is 2.08 bits per heavy atom. The van der Waals surface area contributed by atoms with Gasteiger partial charge in [-0.25, -0.2) is 9.98 Å². The van der Waals surface area contributed by atoms with Crippen LogP contribution in [0.1, 0.15) is 12.8 Å². The van der Waals surface area contributed by atoms with Gasteiger partial charge in [0.2, 0.25) is 0 Å². The van der Waals surface area contributed by atoms with Crippen molar-refractivity contribution in [2.45, 2.75) is 18.4 Å². The summed E-state index contributed by atoms with van der Waals surface area (Å²) in [5.74, 6) is 1.37. The van der Waals surface area contributed by atoms with Crippen LogP contribution >= 0.6 is 11.6 Å². The summed E-state index contributed by atoms with van der Waals surface area (Å²) in [6, 6.07) is 8.40. The standard InChI is InChI=1S/C18H19ClN4O/c19-15-2-1-12-8-16(20-9-13(12)7-15)22-17-21-10-18(24-17)11-23-5-3-14(18)4-6-23/h1-2,7-9,14H,3-6,10-11H2,(H,20,21,22). The second-order valence-electron chi connectivity index (χ2n) is 7.02. The normalized spacial score (nSPS) is 31.3. The van der Waals surface area contributed by atoms with Crippen LogP contribution in [0.25, 0.3) is 10.8 Å². The fourth-order valence-corrected chi connectivity index (χ4v) is 4.42. The van der Waals surface area contributed by atoms with E-state index < -0.39 is 0 Å². The fourth-order valence-electron chi connectivity index (χ4n) is 4.24. The minimum absolute atomic E-state index is 0.122. The van der Waals surface area contributed by atoms with E-state index in [0.717, 1.165) is 34.7 Å². The van der Waals surface area contributed by atoms with E-state index in [2.05, 4.69) is 20.2 Å². The Morgan fingerprint density at radius 1 is 1.21 bits per heavy atom. The van der Waals surface area contributed by atoms with Crippen molar-refractivity contribution >= 4 is 34.2 Å². The summed E-state index contributed by atoms with van der Waals surface area (Å²) < 4.78 is 6.30. The van der Waals surface area contributed by atoms with Gasteiger partial charge in [-0.1, -0.05) is 17.7 Å². The molecule has 1 atom stereocenters. The average Bonchev–Trinajstić information content (AvgIpc) is 2.98. The third-order valence-electron chi connectivity index (χ3n) is 5.53. The van der Waals surface area contributed by atoms with Gasteiger partial charge in [0.15, 0.2) is 0 Å². The smallest absolute Gasteiger partial charge is 0.291 e. The van der Waals surface area contributed by atoms with E-state index in [4.69, 9.17) is 16.3 Å². The number of amidine groups is 1. The first kappa shape index (κ1) is 14.5. The molecule has 4 aliphatic rings. The zero-order chi connectivity index (χ0) is 16.1. The van der Waals surface area contributed by atoms with Crippen LogP contribution in [-0.4, -0.2) is 47.7 Å². The number of benzene rings is 1. The van der Waals surface area contributed by atoms with E-state index >= 15 is 0 Å². The molecule has 0 radical (unpaired) electrons. The van der Waals surface area contributed by atoms with Crippen LogP contribution in [0.5, 0.6) is 0 Å². The molecule has 2 bridgehead atoms. The minimum atomic E-state index is -0.122. The number of rotatable bonds is 1. The van der Waals surface area contributed by atoms with Crippen LogP contribution in [0, 0.1) is 5.92 Å². The van der Waals surface area contributed by atoms with Crippen molar-refractivity contribution in [2.24, 2.45) is 10.9 Å². The van der Waals surface area contributed by atoms with E-state index in [1.807, 2.05) is 30.5 Å². The molecule has 1 aromatic heterocycles. The molecule has 1 N–H and O–H groups in total. The summed E-state index contributed by atoms with van der Waals surface area (Å²) in [4.78, 5) is 11.6. The number of halogens is 1. The summed E-state index contributed by atoms with van der Waals surface area (Å²) in [5, 5.41) is 6.08. The van der Waals surface area contributed by atoms with Crippen molar-refractivity contribution in [3.05, 3.63) is 35.5 Å². The van der Waals surface area contributed by atoms with Crippen LogP contribution in [0.15, 0.2) is 35.5 Å². The molecule has 1 unspecified atom stereocenters. The van der Waals surface area contributed by atoms with E-state index in [1.165, 1.54) is 25.9 Å². The first-order valence-electron chi connectivity index (χ1n) is 8.48. The summed E-state index contributed by atoms with van der Waals surface area (Å²) in [6.45, 7) is 4.15. The number of ether oxygens (including phenoxy) is 1. The lowest BCUT2D eigenvalue weighted by Gasteiger charge is -2.50. The second kappa shape index (κ2) is 5.33. The van der Waals surface area contributed by atoms with Gasteiger partial charge in [-0.15, -0.1) is 0 Å². The maximum Gasteiger partial charge on any atom is 0.291 e. The van der Waals surface area contributed by atoms with Crippen molar-refractivity contribution in [2.75, 3.05) is 31.5 Å². The Labute approximate surface area is 145 Å². The maximum absolute atomic E-state index is 6.30. The number of piperidine rings is 3. The molecule has 0 amide bonds. The third kappa shape index (κ3) is 2.34. The molecule has 6 heteroatoms. The van der Waals surface area contributed by atoms with Crippen molar-refractivity contribution in [1.82, 2.24) is 9.88 Å². The molecule has 24 heavy (non-hydrogen) atoms. The molecule has 0 aliphatic carbocycles. The molecule has 3 saturated heterocycles. The molecule has 5 nitrogen and oxygen atoms in total. The van der Waals surface area contributed by atoms with Gasteiger partial charge in [0, 0.05) is 29.1 Å². The number of anilines is 1. The lowest BCUT2D eigenvalue weighted by molar-refractivity contribution is -0.0829. The highest BCUT2D eigenvalue weighted by molar-refractivity contribution is 6.31. The van der Waals surface area contributed by atoms with Gasteiger partial charge in [0.25, 0.3) is 6.02 Å². The molecular weight excluding hydrogens is 324 g/mol. The average molecular weight is 343 g/mol. The molecule has 0 saturated carbocycles. The van der Waals surface area contributed by atoms with E-state index in [9.17, 15) is 0 Å². The van der Waals surface area contributed by atoms with Gasteiger partial charge in [-0.3, -0.25) is 10.2 Å². The number of aromatic nitrogens is 1. The summed E-state index contributed by atoms with van der Waals surface area (Å²) in [5.41, 5.74) is -0.122. The van der Waals surface area contributed by atoms with Gasteiger partial charge < -0.3 is 4.74 Å². The fraction of sp³-hybridized carbons (Fsp3) is 0.444. The summed E-state index contributed by atoms with van der Waals surface area (Å²) in [7, 11) is 0. The number of hydrogen-bond acceptors (Lipinski definition) is 5. The third-order valence-corrected chi connectivity index (χ3v) is 5.77. The van der Waals surface area contributed by atoms with Crippen LogP contribution in [0.2, 0.25) is 5.02 Å². The van der Waals surface area contributed by atoms with Crippen molar-refractivity contribution in [3.8, 4) is 0 Å². The quantitative estimate of drug-likeness (QED) is 0.865. The molecule has 1 aromatic carbocycles. The molecular formula is C18H19ClN4O. The molecule has 4 aliphatic heterocycles. The SMILES string of the molecule is Clc1ccc2cc(NC3=NCC4(CN5CCC4CC5)O3)ncc2c1. The predicted octanol–water partition coefficient (Wildman–Crippen LogP) is 3.15. The van der Waals surface area contributed by atoms with Crippen LogP contribution in [0.4, 0.5) is 5.82 Å². The Balaban J connectivity index is 1.35. The molecule has 124 valence electrons. The highest BCUT2D eigenvalue weighted by Crippen LogP contribution is 2.40. The van der Waals surface area contributed by atoms with E-state index in [1.54, 1.807) is 0 Å². The van der Waals surface area contributed by atoms with E-state index in [0.29, 0.717) is 11.9 Å². The highest BCUT2D eigenvalue weighted by Gasteiger charge is 2.51. The molecule has 6 rings (SSSR count). The number of aliphatic imine (C=N–C) groups is 1. The topological polar surface area (TPSA) is 49.8 Å². The number of fused-ring (bicyclic) bond motifs is 3. The van der Waals surface area contributed by atoms with E-state index in [-0.39, 0.29) is 5.60 Å². The lowest BCUT2D eigenvalue weighted by Crippen LogP contribution is -2.61. The zero-order valence-corrected chi connectivity index (χ0v) is 14.1. The maximum atomic E-state index is 6.30. The second-order valence-corrected chi connectivity index (χ2v) is 7.46. The highest BCUT2D eigenvalue weighted by atomic mass is 35.5. The molecule has 5 heterocycles. The van der Waals surface area contributed by atoms with Crippen LogP contribution in [-0.2, 0) is 4.74 Å². The molecule has 3 fully saturated rings. The van der Waals surface area contributed by atoms with Gasteiger partial charge >= 0.3 is 0 Å². The summed E-state index contributed by atoms with van der Waals surface area (Å²) in [6.07, 6.45) is 4.26. The number of pyridine rings is 1. The monoisotopic (exact) mass is 342 g/mol. The van der Waals surface area contributed by atoms with Gasteiger partial charge in [-0.05, 0) is 49.5 Å². The Kier molecular flexibility index (Phi) is 3.22. The number of nitrogens with zero attached hydrogens (tertiary/aromatic N) is 3. The first-order valence-corrected chi connectivity index (χ1v) is 8.86. The Morgan fingerprint density at radius 3 is 2.88 bits per heavy atom. The van der Waals surface area contributed by atoms with Crippen molar-refractivity contribution < 1.29 is 4.74 Å². The minimum Gasteiger partial charge on any atom is -0.455 e. The van der Waals surface area contributed by atoms with Gasteiger partial charge in [0.05, 0.1) is 6.54 Å². The largest absolute Gasteiger partial charge is 0.455 e. The van der Waals surface area contributed by atoms with Gasteiger partial charge in [0.1, 0.15) is 11.4 Å². The molecule has 1 spiro atoms. The van der Waals surface area contributed by atoms with Crippen molar-refractivity contribution in [1.29, 1.82) is 0 Å². The molecule has 2 aromatic rings. The first-order chi connectivity index (χ1) is 11.7. The predicted molar refractivity (Wildman–Crippen MR) is 95.7 cm³/mol. The number of hydrogen-bond donors (Lipinski definition) is 1. The Hall–Kier alpha value is -1.85. The summed E-state index contributed by atoms with van der Waals surface area (Å²) >= 11 is 6.02. The Bertz CT molecular complexity index is 831. The van der Waals surface area contributed by atoms with Gasteiger partial charge in [-0.2, -0.15) is 0 Å². The lowest BCUT2D eigenvalue weighted by atomic mass is 9.75. The number of nitrogens with one attached hydrogen (secondary N) is 1. The van der Waals surface area contributed by atoms with Crippen molar-refractivity contribution in [3.63, 3.8) is 0 Å². The van der Waals surface area contributed by atoms with Crippen LogP contribution in [0.3, 0.4) is 0 Å². The van der Waals surface area contributed by atoms with Crippen LogP contribution < -0.4 is 5.32 Å². The zero-order valence-electron chi connectivity index (χ0n) is 13.3.